The molecule has 0 saturated heterocycles. The lowest BCUT2D eigenvalue weighted by molar-refractivity contribution is 0.0602. The molecular weight excluding hydrogens is 612 g/mol. The van der Waals surface area contributed by atoms with Crippen molar-refractivity contribution in [3.63, 3.8) is 0 Å². The van der Waals surface area contributed by atoms with Crippen molar-refractivity contribution in [2.45, 2.75) is 19.5 Å². The first-order valence-corrected chi connectivity index (χ1v) is 17.1. The summed E-state index contributed by atoms with van der Waals surface area (Å²) in [5, 5.41) is 4.46. The highest BCUT2D eigenvalue weighted by Gasteiger charge is 2.23. The third-order valence-electron chi connectivity index (χ3n) is 8.57. The Hall–Kier alpha value is -5.32. The summed E-state index contributed by atoms with van der Waals surface area (Å²) < 4.78 is 32.7. The van der Waals surface area contributed by atoms with Gasteiger partial charge in [-0.15, -0.1) is 0 Å². The van der Waals surface area contributed by atoms with E-state index in [9.17, 15) is 18.0 Å². The van der Waals surface area contributed by atoms with Crippen LogP contribution in [0.2, 0.25) is 0 Å². The fourth-order valence-electron chi connectivity index (χ4n) is 6.32. The summed E-state index contributed by atoms with van der Waals surface area (Å²) in [6, 6.07) is 31.8. The van der Waals surface area contributed by atoms with Gasteiger partial charge in [0.1, 0.15) is 5.69 Å². The Balaban J connectivity index is 1.25. The minimum absolute atomic E-state index is 0.123. The number of esters is 1. The average Bonchev–Trinajstić information content (AvgIpc) is 3.47. The van der Waals surface area contributed by atoms with Crippen molar-refractivity contribution in [3.8, 4) is 11.3 Å². The molecule has 9 nitrogen and oxygen atoms in total. The highest BCUT2D eigenvalue weighted by molar-refractivity contribution is 7.89. The summed E-state index contributed by atoms with van der Waals surface area (Å²) in [6.45, 7) is 2.54. The van der Waals surface area contributed by atoms with Gasteiger partial charge in [-0.1, -0.05) is 60.7 Å². The van der Waals surface area contributed by atoms with Crippen molar-refractivity contribution in [1.82, 2.24) is 13.9 Å². The van der Waals surface area contributed by atoms with E-state index in [1.165, 1.54) is 28.3 Å². The van der Waals surface area contributed by atoms with E-state index < -0.39 is 21.9 Å². The third-order valence-corrected chi connectivity index (χ3v) is 9.63. The molecule has 1 N–H and O–H groups in total. The monoisotopic (exact) mass is 644 g/mol. The predicted molar refractivity (Wildman–Crippen MR) is 183 cm³/mol. The standard InChI is InChI=1S/C37H32N4O5S/c1-46-37(43)30-14-12-27(20-33(30)39-36(42)32-15-13-26-8-5-6-10-31(26)38-32)35-21-29-19-24(11-16-34(29)41(35)47(2,44)45)22-40-18-17-25-7-3-4-9-28(25)23-40/h3-16,19-21H,17-18,22-23H2,1-2H3,(H,39,42). The van der Waals surface area contributed by atoms with Crippen LogP contribution in [0.5, 0.6) is 0 Å². The molecular formula is C37H32N4O5S. The molecule has 0 atom stereocenters. The van der Waals surface area contributed by atoms with Crippen LogP contribution < -0.4 is 5.32 Å². The number of benzene rings is 4. The van der Waals surface area contributed by atoms with Gasteiger partial charge in [-0.25, -0.2) is 22.2 Å². The zero-order valence-corrected chi connectivity index (χ0v) is 26.8. The number of rotatable bonds is 7. The molecule has 1 aliphatic heterocycles. The third kappa shape index (κ3) is 6.00. The van der Waals surface area contributed by atoms with E-state index in [0.29, 0.717) is 22.3 Å². The maximum atomic E-state index is 13.4. The lowest BCUT2D eigenvalue weighted by Crippen LogP contribution is -2.29. The summed E-state index contributed by atoms with van der Waals surface area (Å²) in [6.07, 6.45) is 2.15. The quantitative estimate of drug-likeness (QED) is 0.204. The summed E-state index contributed by atoms with van der Waals surface area (Å²) in [7, 11) is -2.49. The van der Waals surface area contributed by atoms with Gasteiger partial charge in [0, 0.05) is 36.0 Å². The first-order chi connectivity index (χ1) is 22.7. The second-order valence-electron chi connectivity index (χ2n) is 11.8. The molecule has 4 aromatic carbocycles. The molecule has 6 aromatic rings. The number of hydrogen-bond donors (Lipinski definition) is 1. The molecule has 0 bridgehead atoms. The van der Waals surface area contributed by atoms with Crippen molar-refractivity contribution < 1.29 is 22.7 Å². The summed E-state index contributed by atoms with van der Waals surface area (Å²) in [5.41, 5.74) is 6.35. The van der Waals surface area contributed by atoms with Crippen LogP contribution in [0.1, 0.15) is 37.5 Å². The van der Waals surface area contributed by atoms with Crippen LogP contribution >= 0.6 is 0 Å². The molecule has 0 saturated carbocycles. The Morgan fingerprint density at radius 1 is 0.872 bits per heavy atom. The predicted octanol–water partition coefficient (Wildman–Crippen LogP) is 6.26. The molecule has 1 aliphatic rings. The number of anilines is 1. The van der Waals surface area contributed by atoms with E-state index in [0.717, 1.165) is 48.6 Å². The topological polar surface area (TPSA) is 111 Å². The van der Waals surface area contributed by atoms with Crippen LogP contribution in [0.25, 0.3) is 33.1 Å². The number of nitrogens with one attached hydrogen (secondary N) is 1. The highest BCUT2D eigenvalue weighted by atomic mass is 32.2. The Kier molecular flexibility index (Phi) is 7.83. The van der Waals surface area contributed by atoms with E-state index in [1.807, 2.05) is 48.5 Å². The van der Waals surface area contributed by atoms with Gasteiger partial charge >= 0.3 is 5.97 Å². The average molecular weight is 645 g/mol. The van der Waals surface area contributed by atoms with Gasteiger partial charge in [0.25, 0.3) is 5.91 Å². The number of ether oxygens (including phenoxy) is 1. The number of amides is 1. The minimum Gasteiger partial charge on any atom is -0.465 e. The second-order valence-corrected chi connectivity index (χ2v) is 13.6. The van der Waals surface area contributed by atoms with E-state index in [4.69, 9.17) is 4.74 Å². The summed E-state index contributed by atoms with van der Waals surface area (Å²) in [4.78, 5) is 33.0. The Morgan fingerprint density at radius 2 is 1.66 bits per heavy atom. The van der Waals surface area contributed by atoms with E-state index in [2.05, 4.69) is 39.5 Å². The molecule has 10 heteroatoms. The number of methoxy groups -OCH3 is 1. The van der Waals surface area contributed by atoms with Gasteiger partial charge in [0.15, 0.2) is 0 Å². The van der Waals surface area contributed by atoms with Gasteiger partial charge < -0.3 is 10.1 Å². The molecule has 236 valence electrons. The van der Waals surface area contributed by atoms with Crippen LogP contribution in [-0.2, 0) is 34.3 Å². The highest BCUT2D eigenvalue weighted by Crippen LogP contribution is 2.34. The molecule has 0 radical (unpaired) electrons. The van der Waals surface area contributed by atoms with Crippen molar-refractivity contribution >= 4 is 49.4 Å². The molecule has 3 heterocycles. The maximum Gasteiger partial charge on any atom is 0.339 e. The molecule has 0 aliphatic carbocycles. The van der Waals surface area contributed by atoms with Crippen LogP contribution in [-0.4, -0.2) is 54.1 Å². The normalized spacial score (nSPS) is 13.4. The van der Waals surface area contributed by atoms with Crippen LogP contribution in [0.4, 0.5) is 5.69 Å². The molecule has 0 fully saturated rings. The van der Waals surface area contributed by atoms with Gasteiger partial charge in [-0.05, 0) is 65.6 Å². The minimum atomic E-state index is -3.75. The summed E-state index contributed by atoms with van der Waals surface area (Å²) >= 11 is 0. The van der Waals surface area contributed by atoms with Gasteiger partial charge in [0.05, 0.1) is 41.3 Å². The lowest BCUT2D eigenvalue weighted by Gasteiger charge is -2.28. The van der Waals surface area contributed by atoms with Crippen molar-refractivity contribution in [2.75, 3.05) is 25.2 Å². The first kappa shape index (κ1) is 30.3. The Bertz CT molecular complexity index is 2310. The fraction of sp³-hybridized carbons (Fsp3) is 0.162. The van der Waals surface area contributed by atoms with Crippen molar-refractivity contribution in [2.24, 2.45) is 0 Å². The number of para-hydroxylation sites is 1. The largest absolute Gasteiger partial charge is 0.465 e. The maximum absolute atomic E-state index is 13.4. The number of hydrogen-bond acceptors (Lipinski definition) is 7. The number of nitrogens with zero attached hydrogens (tertiary/aromatic N) is 3. The molecule has 2 aromatic heterocycles. The van der Waals surface area contributed by atoms with Crippen LogP contribution in [0, 0.1) is 0 Å². The van der Waals surface area contributed by atoms with Crippen LogP contribution in [0.15, 0.2) is 103 Å². The fourth-order valence-corrected chi connectivity index (χ4v) is 7.36. The number of carbonyl (C=O) groups is 2. The molecule has 47 heavy (non-hydrogen) atoms. The van der Waals surface area contributed by atoms with Crippen LogP contribution in [0.3, 0.4) is 0 Å². The molecule has 1 amide bonds. The molecule has 7 rings (SSSR count). The van der Waals surface area contributed by atoms with Gasteiger partial charge in [-0.3, -0.25) is 9.69 Å². The zero-order chi connectivity index (χ0) is 32.7. The van der Waals surface area contributed by atoms with E-state index in [1.54, 1.807) is 24.3 Å². The first-order valence-electron chi connectivity index (χ1n) is 15.2. The lowest BCUT2D eigenvalue weighted by atomic mass is 9.99. The van der Waals surface area contributed by atoms with Crippen molar-refractivity contribution in [3.05, 3.63) is 131 Å². The van der Waals surface area contributed by atoms with Gasteiger partial charge in [-0.2, -0.15) is 0 Å². The number of pyridine rings is 1. The number of carbonyl (C=O) groups excluding carboxylic acids is 2. The number of fused-ring (bicyclic) bond motifs is 3. The van der Waals surface area contributed by atoms with E-state index in [-0.39, 0.29) is 16.9 Å². The smallest absolute Gasteiger partial charge is 0.339 e. The zero-order valence-electron chi connectivity index (χ0n) is 25.9. The van der Waals surface area contributed by atoms with Gasteiger partial charge in [0.2, 0.25) is 10.0 Å². The SMILES string of the molecule is COC(=O)c1ccc(-c2cc3cc(CN4CCc5ccccc5C4)ccc3n2S(C)(=O)=O)cc1NC(=O)c1ccc2ccccc2n1. The summed E-state index contributed by atoms with van der Waals surface area (Å²) in [5.74, 6) is -1.17. The molecule has 0 unspecified atom stereocenters. The van der Waals surface area contributed by atoms with Crippen molar-refractivity contribution in [1.29, 1.82) is 0 Å². The molecule has 0 spiro atoms. The second kappa shape index (κ2) is 12.1. The Morgan fingerprint density at radius 3 is 2.47 bits per heavy atom. The number of aromatic nitrogens is 2. The van der Waals surface area contributed by atoms with E-state index >= 15 is 0 Å². The Labute approximate surface area is 272 Å².